The van der Waals surface area contributed by atoms with E-state index in [4.69, 9.17) is 21.5 Å². The van der Waals surface area contributed by atoms with Gasteiger partial charge in [-0.25, -0.2) is 18.5 Å². The molecule has 19 heavy (non-hydrogen) atoms. The lowest BCUT2D eigenvalue weighted by Crippen LogP contribution is -2.15. The van der Waals surface area contributed by atoms with E-state index in [9.17, 15) is 8.42 Å². The third kappa shape index (κ3) is 2.99. The zero-order valence-corrected chi connectivity index (χ0v) is 11.9. The number of imidazole rings is 1. The molecule has 2 aromatic heterocycles. The highest BCUT2D eigenvalue weighted by atomic mass is 35.5. The summed E-state index contributed by atoms with van der Waals surface area (Å²) in [5.41, 5.74) is 0.400. The Bertz CT molecular complexity index is 697. The van der Waals surface area contributed by atoms with E-state index < -0.39 is 10.0 Å². The number of pyridine rings is 1. The van der Waals surface area contributed by atoms with Gasteiger partial charge in [-0.15, -0.1) is 0 Å². The molecule has 104 valence electrons. The Morgan fingerprint density at radius 3 is 2.84 bits per heavy atom. The summed E-state index contributed by atoms with van der Waals surface area (Å²) in [6.07, 6.45) is 3.45. The smallest absolute Gasteiger partial charge is 0.257 e. The third-order valence-electron chi connectivity index (χ3n) is 2.54. The Morgan fingerprint density at radius 1 is 1.47 bits per heavy atom. The number of hydrogen-bond acceptors (Lipinski definition) is 4. The van der Waals surface area contributed by atoms with Gasteiger partial charge in [-0.2, -0.15) is 0 Å². The minimum absolute atomic E-state index is 0.145. The van der Waals surface area contributed by atoms with Gasteiger partial charge in [-0.1, -0.05) is 24.9 Å². The number of aromatic nitrogens is 2. The van der Waals surface area contributed by atoms with E-state index in [0.29, 0.717) is 18.0 Å². The first-order chi connectivity index (χ1) is 8.93. The van der Waals surface area contributed by atoms with Gasteiger partial charge >= 0.3 is 0 Å². The summed E-state index contributed by atoms with van der Waals surface area (Å²) < 4.78 is 29.8. The van der Waals surface area contributed by atoms with Crippen molar-refractivity contribution in [2.45, 2.75) is 24.8 Å². The van der Waals surface area contributed by atoms with Crippen molar-refractivity contribution in [1.29, 1.82) is 0 Å². The molecule has 0 atom stereocenters. The number of nitrogens with zero attached hydrogens (tertiary/aromatic N) is 2. The van der Waals surface area contributed by atoms with Crippen molar-refractivity contribution in [3.05, 3.63) is 23.5 Å². The number of rotatable bonds is 5. The number of halogens is 1. The van der Waals surface area contributed by atoms with E-state index in [1.807, 2.05) is 0 Å². The monoisotopic (exact) mass is 303 g/mol. The average molecular weight is 304 g/mol. The molecule has 0 aliphatic carbocycles. The number of nitrogens with two attached hydrogens (primary N) is 1. The van der Waals surface area contributed by atoms with Gasteiger partial charge in [0.05, 0.1) is 12.8 Å². The Kier molecular flexibility index (Phi) is 3.98. The van der Waals surface area contributed by atoms with Gasteiger partial charge in [-0.05, 0) is 18.6 Å². The van der Waals surface area contributed by atoms with Crippen molar-refractivity contribution in [2.24, 2.45) is 5.14 Å². The normalized spacial score (nSPS) is 11.9. The van der Waals surface area contributed by atoms with Crippen LogP contribution in [0, 0.1) is 0 Å². The van der Waals surface area contributed by atoms with Gasteiger partial charge in [0.1, 0.15) is 11.4 Å². The zero-order chi connectivity index (χ0) is 14.0. The van der Waals surface area contributed by atoms with Crippen molar-refractivity contribution in [1.82, 2.24) is 9.38 Å². The molecule has 0 aromatic carbocycles. The van der Waals surface area contributed by atoms with Crippen LogP contribution in [-0.2, 0) is 10.0 Å². The lowest BCUT2D eigenvalue weighted by Gasteiger charge is -2.06. The standard InChI is InChI=1S/C11H14ClN3O3S/c1-2-3-6-18-8-4-5-9-14-10(12)11(15(9)7-8)19(13,16)17/h4-5,7H,2-3,6H2,1H3,(H2,13,16,17). The molecular formula is C11H14ClN3O3S. The third-order valence-corrected chi connectivity index (χ3v) is 3.85. The highest BCUT2D eigenvalue weighted by Gasteiger charge is 2.20. The minimum Gasteiger partial charge on any atom is -0.492 e. The highest BCUT2D eigenvalue weighted by molar-refractivity contribution is 7.89. The van der Waals surface area contributed by atoms with Crippen molar-refractivity contribution in [3.63, 3.8) is 0 Å². The number of fused-ring (bicyclic) bond motifs is 1. The predicted octanol–water partition coefficient (Wildman–Crippen LogP) is 1.81. The summed E-state index contributed by atoms with van der Waals surface area (Å²) in [7, 11) is -3.95. The second-order valence-corrected chi connectivity index (χ2v) is 5.88. The maximum absolute atomic E-state index is 11.5. The number of ether oxygens (including phenoxy) is 1. The number of unbranched alkanes of at least 4 members (excludes halogenated alkanes) is 1. The maximum atomic E-state index is 11.5. The van der Waals surface area contributed by atoms with E-state index >= 15 is 0 Å². The Balaban J connectivity index is 2.46. The van der Waals surface area contributed by atoms with Crippen LogP contribution >= 0.6 is 11.6 Å². The van der Waals surface area contributed by atoms with Crippen molar-refractivity contribution in [2.75, 3.05) is 6.61 Å². The van der Waals surface area contributed by atoms with E-state index in [1.165, 1.54) is 10.6 Å². The first-order valence-electron chi connectivity index (χ1n) is 5.76. The molecule has 0 saturated heterocycles. The summed E-state index contributed by atoms with van der Waals surface area (Å²) in [6, 6.07) is 3.34. The van der Waals surface area contributed by atoms with Crippen molar-refractivity contribution < 1.29 is 13.2 Å². The fourth-order valence-corrected chi connectivity index (χ4v) is 2.85. The molecule has 0 aliphatic heterocycles. The SMILES string of the molecule is CCCCOc1ccc2nc(Cl)c(S(N)(=O)=O)n2c1. The topological polar surface area (TPSA) is 86.7 Å². The molecular weight excluding hydrogens is 290 g/mol. The molecule has 0 unspecified atom stereocenters. The van der Waals surface area contributed by atoms with Gasteiger partial charge in [0.15, 0.2) is 10.2 Å². The first kappa shape index (κ1) is 14.1. The van der Waals surface area contributed by atoms with Crippen LogP contribution in [0.1, 0.15) is 19.8 Å². The molecule has 2 aromatic rings. The molecule has 0 radical (unpaired) electrons. The maximum Gasteiger partial charge on any atom is 0.257 e. The fraction of sp³-hybridized carbons (Fsp3) is 0.364. The van der Waals surface area contributed by atoms with Crippen LogP contribution in [-0.4, -0.2) is 24.4 Å². The van der Waals surface area contributed by atoms with Crippen LogP contribution in [0.2, 0.25) is 5.15 Å². The van der Waals surface area contributed by atoms with Crippen LogP contribution in [0.4, 0.5) is 0 Å². The molecule has 0 amide bonds. The highest BCUT2D eigenvalue weighted by Crippen LogP contribution is 2.24. The van der Waals surface area contributed by atoms with E-state index in [0.717, 1.165) is 12.8 Å². The molecule has 0 aliphatic rings. The number of primary sulfonamides is 1. The first-order valence-corrected chi connectivity index (χ1v) is 7.69. The van der Waals surface area contributed by atoms with E-state index in [2.05, 4.69) is 11.9 Å². The van der Waals surface area contributed by atoms with Crippen LogP contribution < -0.4 is 9.88 Å². The molecule has 6 nitrogen and oxygen atoms in total. The molecule has 0 fully saturated rings. The quantitative estimate of drug-likeness (QED) is 0.853. The van der Waals surface area contributed by atoms with Gasteiger partial charge in [0, 0.05) is 0 Å². The molecule has 2 heterocycles. The van der Waals surface area contributed by atoms with Crippen LogP contribution in [0.15, 0.2) is 23.4 Å². The zero-order valence-electron chi connectivity index (χ0n) is 10.3. The fourth-order valence-electron chi connectivity index (χ4n) is 1.65. The molecule has 2 rings (SSSR count). The van der Waals surface area contributed by atoms with Gasteiger partial charge in [0.2, 0.25) is 0 Å². The lowest BCUT2D eigenvalue weighted by molar-refractivity contribution is 0.307. The summed E-state index contributed by atoms with van der Waals surface area (Å²) in [5.74, 6) is 0.542. The van der Waals surface area contributed by atoms with E-state index in [-0.39, 0.29) is 10.2 Å². The second kappa shape index (κ2) is 5.36. The Labute approximate surface area is 116 Å². The minimum atomic E-state index is -3.95. The Hall–Kier alpha value is -1.31. The summed E-state index contributed by atoms with van der Waals surface area (Å²) in [6.45, 7) is 2.62. The largest absolute Gasteiger partial charge is 0.492 e. The molecule has 0 spiro atoms. The predicted molar refractivity (Wildman–Crippen MR) is 72.0 cm³/mol. The summed E-state index contributed by atoms with van der Waals surface area (Å²) in [4.78, 5) is 3.93. The average Bonchev–Trinajstić information content (AvgIpc) is 2.64. The van der Waals surface area contributed by atoms with Gasteiger partial charge in [0.25, 0.3) is 10.0 Å². The molecule has 8 heteroatoms. The Morgan fingerprint density at radius 2 is 2.21 bits per heavy atom. The lowest BCUT2D eigenvalue weighted by atomic mass is 10.3. The van der Waals surface area contributed by atoms with Crippen LogP contribution in [0.5, 0.6) is 5.75 Å². The number of hydrogen-bond donors (Lipinski definition) is 1. The van der Waals surface area contributed by atoms with Crippen molar-refractivity contribution >= 4 is 27.3 Å². The summed E-state index contributed by atoms with van der Waals surface area (Å²) in [5, 5.41) is 4.75. The number of sulfonamides is 1. The van der Waals surface area contributed by atoms with Gasteiger partial charge < -0.3 is 4.74 Å². The molecule has 2 N–H and O–H groups in total. The van der Waals surface area contributed by atoms with Crippen molar-refractivity contribution in [3.8, 4) is 5.75 Å². The molecule has 0 saturated carbocycles. The summed E-state index contributed by atoms with van der Waals surface area (Å²) >= 11 is 5.80. The van der Waals surface area contributed by atoms with E-state index in [1.54, 1.807) is 12.1 Å². The van der Waals surface area contributed by atoms with Crippen LogP contribution in [0.25, 0.3) is 5.65 Å². The van der Waals surface area contributed by atoms with Crippen LogP contribution in [0.3, 0.4) is 0 Å². The second-order valence-electron chi connectivity index (χ2n) is 4.05. The molecule has 0 bridgehead atoms. The van der Waals surface area contributed by atoms with Gasteiger partial charge in [-0.3, -0.25) is 4.40 Å².